The summed E-state index contributed by atoms with van der Waals surface area (Å²) in [6.45, 7) is 10.0. The Bertz CT molecular complexity index is 544. The molecular weight excluding hydrogens is 308 g/mol. The van der Waals surface area contributed by atoms with Crippen LogP contribution in [0.25, 0.3) is 0 Å². The Morgan fingerprint density at radius 1 is 1.29 bits per heavy atom. The minimum atomic E-state index is -0.498. The number of rotatable bonds is 5. The molecule has 1 aromatic rings. The molecule has 1 aliphatic carbocycles. The van der Waals surface area contributed by atoms with Crippen molar-refractivity contribution in [2.75, 3.05) is 6.54 Å². The average molecular weight is 338 g/mol. The van der Waals surface area contributed by atoms with Gasteiger partial charge in [0.1, 0.15) is 5.60 Å². The van der Waals surface area contributed by atoms with Gasteiger partial charge < -0.3 is 19.8 Å². The van der Waals surface area contributed by atoms with Crippen molar-refractivity contribution < 1.29 is 13.9 Å². The minimum Gasteiger partial charge on any atom is -0.444 e. The second-order valence-corrected chi connectivity index (χ2v) is 7.73. The summed E-state index contributed by atoms with van der Waals surface area (Å²) in [5.41, 5.74) is -0.786. The van der Waals surface area contributed by atoms with Gasteiger partial charge in [0.15, 0.2) is 0 Å². The first-order chi connectivity index (χ1) is 11.2. The van der Waals surface area contributed by atoms with E-state index in [4.69, 9.17) is 9.15 Å². The number of nitrogens with zero attached hydrogens (tertiary/aromatic N) is 2. The second kappa shape index (κ2) is 7.51. The van der Waals surface area contributed by atoms with Crippen molar-refractivity contribution in [2.45, 2.75) is 83.9 Å². The van der Waals surface area contributed by atoms with Gasteiger partial charge >= 0.3 is 6.09 Å². The van der Waals surface area contributed by atoms with Crippen molar-refractivity contribution in [3.8, 4) is 0 Å². The Labute approximate surface area is 143 Å². The Balaban J connectivity index is 1.98. The van der Waals surface area contributed by atoms with Crippen LogP contribution in [0, 0.1) is 6.92 Å². The highest BCUT2D eigenvalue weighted by atomic mass is 16.6. The normalized spacial score (nSPS) is 18.9. The number of hydrogen-bond acceptors (Lipinski definition) is 6. The van der Waals surface area contributed by atoms with Crippen molar-refractivity contribution in [3.05, 3.63) is 11.8 Å². The number of carbonyl (C=O) groups is 1. The fourth-order valence-corrected chi connectivity index (χ4v) is 3.02. The first kappa shape index (κ1) is 18.7. The standard InChI is InChI=1S/C17H30N4O3/c1-12(14-21-20-13(2)23-14)18-11-17(9-7-6-8-10-17)19-15(22)24-16(3,4)5/h12,18H,6-11H2,1-5H3,(H,19,22)/t12-/m0/s1. The molecule has 1 fully saturated rings. The zero-order valence-electron chi connectivity index (χ0n) is 15.4. The molecule has 2 rings (SSSR count). The number of carbonyl (C=O) groups excluding carboxylic acids is 1. The van der Waals surface area contributed by atoms with Crippen LogP contribution in [-0.2, 0) is 4.74 Å². The van der Waals surface area contributed by atoms with Gasteiger partial charge in [0, 0.05) is 13.5 Å². The molecule has 1 aromatic heterocycles. The first-order valence-corrected chi connectivity index (χ1v) is 8.74. The zero-order valence-corrected chi connectivity index (χ0v) is 15.4. The molecule has 1 heterocycles. The molecule has 2 N–H and O–H groups in total. The van der Waals surface area contributed by atoms with E-state index in [9.17, 15) is 4.79 Å². The van der Waals surface area contributed by atoms with Crippen molar-refractivity contribution in [3.63, 3.8) is 0 Å². The van der Waals surface area contributed by atoms with Crippen LogP contribution in [0.4, 0.5) is 4.79 Å². The maximum atomic E-state index is 12.2. The highest BCUT2D eigenvalue weighted by Crippen LogP contribution is 2.29. The number of alkyl carbamates (subject to hydrolysis) is 1. The predicted molar refractivity (Wildman–Crippen MR) is 90.6 cm³/mol. The number of nitrogens with one attached hydrogen (secondary N) is 2. The third-order valence-electron chi connectivity index (χ3n) is 4.24. The van der Waals surface area contributed by atoms with Crippen molar-refractivity contribution in [1.29, 1.82) is 0 Å². The molecule has 7 heteroatoms. The van der Waals surface area contributed by atoms with Crippen LogP contribution in [-0.4, -0.2) is 34.0 Å². The van der Waals surface area contributed by atoms with Crippen LogP contribution in [0.3, 0.4) is 0 Å². The highest BCUT2D eigenvalue weighted by molar-refractivity contribution is 5.68. The largest absolute Gasteiger partial charge is 0.444 e. The third-order valence-corrected chi connectivity index (χ3v) is 4.24. The van der Waals surface area contributed by atoms with E-state index in [2.05, 4.69) is 20.8 Å². The van der Waals surface area contributed by atoms with E-state index in [1.165, 1.54) is 6.42 Å². The molecule has 1 saturated carbocycles. The summed E-state index contributed by atoms with van der Waals surface area (Å²) in [7, 11) is 0. The smallest absolute Gasteiger partial charge is 0.408 e. The van der Waals surface area contributed by atoms with Gasteiger partial charge in [0.25, 0.3) is 0 Å². The van der Waals surface area contributed by atoms with Crippen LogP contribution < -0.4 is 10.6 Å². The summed E-state index contributed by atoms with van der Waals surface area (Å²) in [6, 6.07) is -0.0644. The maximum Gasteiger partial charge on any atom is 0.408 e. The number of amides is 1. The molecule has 1 amide bonds. The van der Waals surface area contributed by atoms with Gasteiger partial charge in [-0.1, -0.05) is 19.3 Å². The van der Waals surface area contributed by atoms with Crippen LogP contribution in [0.5, 0.6) is 0 Å². The summed E-state index contributed by atoms with van der Waals surface area (Å²) in [5.74, 6) is 1.12. The van der Waals surface area contributed by atoms with E-state index in [0.717, 1.165) is 25.7 Å². The van der Waals surface area contributed by atoms with Gasteiger partial charge in [-0.15, -0.1) is 10.2 Å². The summed E-state index contributed by atoms with van der Waals surface area (Å²) in [6.07, 6.45) is 4.93. The fourth-order valence-electron chi connectivity index (χ4n) is 3.02. The molecule has 1 aliphatic rings. The Morgan fingerprint density at radius 3 is 2.50 bits per heavy atom. The summed E-state index contributed by atoms with van der Waals surface area (Å²) in [5, 5.41) is 14.4. The lowest BCUT2D eigenvalue weighted by Crippen LogP contribution is -2.56. The van der Waals surface area contributed by atoms with Gasteiger partial charge in [-0.2, -0.15) is 0 Å². The summed E-state index contributed by atoms with van der Waals surface area (Å²) < 4.78 is 10.9. The second-order valence-electron chi connectivity index (χ2n) is 7.73. The van der Waals surface area contributed by atoms with Gasteiger partial charge in [-0.25, -0.2) is 4.79 Å². The molecule has 1 atom stereocenters. The molecular formula is C17H30N4O3. The van der Waals surface area contributed by atoms with E-state index < -0.39 is 5.60 Å². The Morgan fingerprint density at radius 2 is 1.96 bits per heavy atom. The van der Waals surface area contributed by atoms with Crippen molar-refractivity contribution in [1.82, 2.24) is 20.8 Å². The van der Waals surface area contributed by atoms with Gasteiger partial charge in [0.05, 0.1) is 11.6 Å². The van der Waals surface area contributed by atoms with E-state index in [1.807, 2.05) is 27.7 Å². The van der Waals surface area contributed by atoms with Gasteiger partial charge in [-0.3, -0.25) is 0 Å². The van der Waals surface area contributed by atoms with Crippen LogP contribution in [0.15, 0.2) is 4.42 Å². The molecule has 24 heavy (non-hydrogen) atoms. The molecule has 0 bridgehead atoms. The molecule has 0 aliphatic heterocycles. The number of aromatic nitrogens is 2. The lowest BCUT2D eigenvalue weighted by atomic mass is 9.81. The molecule has 0 radical (unpaired) electrons. The molecule has 0 aromatic carbocycles. The van der Waals surface area contributed by atoms with Crippen LogP contribution >= 0.6 is 0 Å². The van der Waals surface area contributed by atoms with Crippen LogP contribution in [0.1, 0.15) is 77.6 Å². The van der Waals surface area contributed by atoms with E-state index >= 15 is 0 Å². The van der Waals surface area contributed by atoms with E-state index in [0.29, 0.717) is 18.3 Å². The van der Waals surface area contributed by atoms with E-state index in [-0.39, 0.29) is 17.7 Å². The molecule has 136 valence electrons. The predicted octanol–water partition coefficient (Wildman–Crippen LogP) is 3.26. The molecule has 7 nitrogen and oxygen atoms in total. The lowest BCUT2D eigenvalue weighted by Gasteiger charge is -2.39. The monoisotopic (exact) mass is 338 g/mol. The third kappa shape index (κ3) is 5.47. The van der Waals surface area contributed by atoms with Gasteiger partial charge in [0.2, 0.25) is 11.8 Å². The molecule has 0 spiro atoms. The SMILES string of the molecule is Cc1nnc([C@H](C)NCC2(NC(=O)OC(C)(C)C)CCCCC2)o1. The van der Waals surface area contributed by atoms with E-state index in [1.54, 1.807) is 6.92 Å². The highest BCUT2D eigenvalue weighted by Gasteiger charge is 2.35. The van der Waals surface area contributed by atoms with Crippen molar-refractivity contribution in [2.24, 2.45) is 0 Å². The summed E-state index contributed by atoms with van der Waals surface area (Å²) in [4.78, 5) is 12.2. The zero-order chi connectivity index (χ0) is 17.8. The van der Waals surface area contributed by atoms with Gasteiger partial charge in [-0.05, 0) is 40.5 Å². The first-order valence-electron chi connectivity index (χ1n) is 8.74. The number of hydrogen-bond donors (Lipinski definition) is 2. The lowest BCUT2D eigenvalue weighted by molar-refractivity contribution is 0.0420. The number of aryl methyl sites for hydroxylation is 1. The maximum absolute atomic E-state index is 12.2. The molecule has 0 unspecified atom stereocenters. The summed E-state index contributed by atoms with van der Waals surface area (Å²) >= 11 is 0. The Kier molecular flexibility index (Phi) is 5.85. The Hall–Kier alpha value is -1.63. The fraction of sp³-hybridized carbons (Fsp3) is 0.824. The quantitative estimate of drug-likeness (QED) is 0.856. The van der Waals surface area contributed by atoms with Crippen LogP contribution in [0.2, 0.25) is 0 Å². The minimum absolute atomic E-state index is 0.0644. The molecule has 0 saturated heterocycles. The topological polar surface area (TPSA) is 89.3 Å². The average Bonchev–Trinajstić information content (AvgIpc) is 2.90. The van der Waals surface area contributed by atoms with Crippen molar-refractivity contribution >= 4 is 6.09 Å². The number of ether oxygens (including phenoxy) is 1.